The average molecular weight is 368 g/mol. The van der Waals surface area contributed by atoms with Crippen LogP contribution in [0.3, 0.4) is 0 Å². The molecule has 1 amide bonds. The number of nitrogens with one attached hydrogen (secondary N) is 1. The molecule has 154 valence electrons. The van der Waals surface area contributed by atoms with Crippen LogP contribution in [0.25, 0.3) is 0 Å². The van der Waals surface area contributed by atoms with E-state index >= 15 is 0 Å². The summed E-state index contributed by atoms with van der Waals surface area (Å²) >= 11 is 0. The van der Waals surface area contributed by atoms with Crippen molar-refractivity contribution >= 4 is 5.91 Å². The molecule has 0 saturated carbocycles. The number of allylic oxidation sites excluding steroid dienone is 2. The normalized spacial score (nSPS) is 12.8. The fourth-order valence-electron chi connectivity index (χ4n) is 3.06. The Morgan fingerprint density at radius 1 is 0.846 bits per heavy atom. The van der Waals surface area contributed by atoms with Crippen LogP contribution in [-0.2, 0) is 4.79 Å². The first-order chi connectivity index (χ1) is 12.6. The predicted octanol–water partition coefficient (Wildman–Crippen LogP) is 6.16. The van der Waals surface area contributed by atoms with Crippen molar-refractivity contribution in [3.05, 3.63) is 12.2 Å². The Hall–Kier alpha value is -0.830. The number of carbonyl (C=O) groups is 1. The van der Waals surface area contributed by atoms with Crippen LogP contribution in [-0.4, -0.2) is 23.7 Å². The second kappa shape index (κ2) is 18.9. The van der Waals surface area contributed by atoms with Crippen molar-refractivity contribution in [3.8, 4) is 0 Å². The molecule has 3 heteroatoms. The highest BCUT2D eigenvalue weighted by Gasteiger charge is 2.14. The summed E-state index contributed by atoms with van der Waals surface area (Å²) in [7, 11) is 0. The van der Waals surface area contributed by atoms with E-state index in [2.05, 4.69) is 24.4 Å². The van der Waals surface area contributed by atoms with Crippen molar-refractivity contribution in [1.29, 1.82) is 0 Å². The third kappa shape index (κ3) is 16.6. The Labute approximate surface area is 163 Å². The monoisotopic (exact) mass is 367 g/mol. The Morgan fingerprint density at radius 2 is 1.35 bits per heavy atom. The van der Waals surface area contributed by atoms with Crippen LogP contribution in [0.4, 0.5) is 0 Å². The molecule has 0 rings (SSSR count). The Bertz CT molecular complexity index is 339. The molecular weight excluding hydrogens is 322 g/mol. The van der Waals surface area contributed by atoms with Gasteiger partial charge in [0.2, 0.25) is 5.91 Å². The third-order valence-electron chi connectivity index (χ3n) is 5.01. The second-order valence-electron chi connectivity index (χ2n) is 7.93. The molecule has 0 bridgehead atoms. The number of carbonyl (C=O) groups excluding carboxylic acids is 1. The van der Waals surface area contributed by atoms with E-state index in [1.165, 1.54) is 70.6 Å². The zero-order valence-electron chi connectivity index (χ0n) is 17.8. The van der Waals surface area contributed by atoms with Gasteiger partial charge in [0.1, 0.15) is 0 Å². The van der Waals surface area contributed by atoms with Crippen LogP contribution in [0.1, 0.15) is 111 Å². The summed E-state index contributed by atoms with van der Waals surface area (Å²) < 4.78 is 0. The highest BCUT2D eigenvalue weighted by Crippen LogP contribution is 2.10. The lowest BCUT2D eigenvalue weighted by Gasteiger charge is -2.19. The molecule has 1 unspecified atom stereocenters. The van der Waals surface area contributed by atoms with E-state index in [4.69, 9.17) is 0 Å². The molecule has 3 nitrogen and oxygen atoms in total. The van der Waals surface area contributed by atoms with Gasteiger partial charge in [0.25, 0.3) is 0 Å². The van der Waals surface area contributed by atoms with Gasteiger partial charge in [-0.2, -0.15) is 0 Å². The zero-order chi connectivity index (χ0) is 19.5. The van der Waals surface area contributed by atoms with Crippen LogP contribution in [0.5, 0.6) is 0 Å². The van der Waals surface area contributed by atoms with Crippen molar-refractivity contribution < 1.29 is 9.90 Å². The number of amides is 1. The number of rotatable bonds is 18. The summed E-state index contributed by atoms with van der Waals surface area (Å²) in [6.45, 7) is 6.32. The predicted molar refractivity (Wildman–Crippen MR) is 113 cm³/mol. The summed E-state index contributed by atoms with van der Waals surface area (Å²) in [4.78, 5) is 11.8. The van der Waals surface area contributed by atoms with Crippen molar-refractivity contribution in [1.82, 2.24) is 5.32 Å². The summed E-state index contributed by atoms with van der Waals surface area (Å²) in [5.41, 5.74) is 0. The standard InChI is InChI=1S/C23H45NO2/c1-4-5-6-7-8-9-10-11-12-13-14-15-16-17-18-19-23(26)24-22(20-25)21(2)3/h11-12,21-22,25H,4-10,13-20H2,1-3H3,(H,24,26)/b12-11-. The van der Waals surface area contributed by atoms with Crippen molar-refractivity contribution in [2.75, 3.05) is 6.61 Å². The number of hydrogen-bond acceptors (Lipinski definition) is 2. The molecule has 0 aromatic rings. The maximum atomic E-state index is 11.8. The van der Waals surface area contributed by atoms with E-state index in [0.29, 0.717) is 6.42 Å². The topological polar surface area (TPSA) is 49.3 Å². The molecule has 26 heavy (non-hydrogen) atoms. The molecule has 0 spiro atoms. The maximum Gasteiger partial charge on any atom is 0.220 e. The van der Waals surface area contributed by atoms with Crippen molar-refractivity contribution in [2.45, 2.75) is 117 Å². The van der Waals surface area contributed by atoms with Crippen molar-refractivity contribution in [3.63, 3.8) is 0 Å². The first kappa shape index (κ1) is 25.2. The quantitative estimate of drug-likeness (QED) is 0.225. The van der Waals surface area contributed by atoms with Crippen LogP contribution in [0.2, 0.25) is 0 Å². The number of aliphatic hydroxyl groups excluding tert-OH is 1. The van der Waals surface area contributed by atoms with Gasteiger partial charge in [0, 0.05) is 6.42 Å². The van der Waals surface area contributed by atoms with Crippen LogP contribution in [0.15, 0.2) is 12.2 Å². The van der Waals surface area contributed by atoms with Gasteiger partial charge in [-0.05, 0) is 38.0 Å². The molecule has 0 fully saturated rings. The van der Waals surface area contributed by atoms with Gasteiger partial charge in [-0.1, -0.05) is 84.3 Å². The average Bonchev–Trinajstić information content (AvgIpc) is 2.62. The minimum absolute atomic E-state index is 0.0236. The number of aliphatic hydroxyl groups is 1. The molecule has 0 aliphatic carbocycles. The molecule has 0 aliphatic heterocycles. The maximum absolute atomic E-state index is 11.8. The van der Waals surface area contributed by atoms with E-state index in [0.717, 1.165) is 12.8 Å². The van der Waals surface area contributed by atoms with Gasteiger partial charge in [-0.25, -0.2) is 0 Å². The first-order valence-electron chi connectivity index (χ1n) is 11.2. The molecule has 0 radical (unpaired) electrons. The fraction of sp³-hybridized carbons (Fsp3) is 0.870. The first-order valence-corrected chi connectivity index (χ1v) is 11.2. The number of unbranched alkanes of at least 4 members (excludes halogenated alkanes) is 11. The summed E-state index contributed by atoms with van der Waals surface area (Å²) in [6.07, 6.45) is 21.8. The smallest absolute Gasteiger partial charge is 0.220 e. The van der Waals surface area contributed by atoms with Gasteiger partial charge in [-0.15, -0.1) is 0 Å². The highest BCUT2D eigenvalue weighted by molar-refractivity contribution is 5.76. The van der Waals surface area contributed by atoms with E-state index in [1.807, 2.05) is 13.8 Å². The Balaban J connectivity index is 3.35. The Kier molecular flexibility index (Phi) is 18.3. The van der Waals surface area contributed by atoms with Crippen molar-refractivity contribution in [2.24, 2.45) is 5.92 Å². The minimum atomic E-state index is -0.106. The largest absolute Gasteiger partial charge is 0.394 e. The van der Waals surface area contributed by atoms with Gasteiger partial charge >= 0.3 is 0 Å². The van der Waals surface area contributed by atoms with Gasteiger partial charge in [-0.3, -0.25) is 4.79 Å². The van der Waals surface area contributed by atoms with Crippen LogP contribution in [0, 0.1) is 5.92 Å². The van der Waals surface area contributed by atoms with E-state index in [-0.39, 0.29) is 24.5 Å². The molecule has 0 aromatic carbocycles. The molecule has 2 N–H and O–H groups in total. The van der Waals surface area contributed by atoms with Gasteiger partial charge < -0.3 is 10.4 Å². The SMILES string of the molecule is CCCCCCCC/C=C\CCCCCCCC(=O)NC(CO)C(C)C. The Morgan fingerprint density at radius 3 is 1.85 bits per heavy atom. The molecule has 1 atom stereocenters. The highest BCUT2D eigenvalue weighted by atomic mass is 16.3. The molecule has 0 aliphatic rings. The zero-order valence-corrected chi connectivity index (χ0v) is 17.8. The molecule has 0 saturated heterocycles. The van der Waals surface area contributed by atoms with Gasteiger partial charge in [0.15, 0.2) is 0 Å². The second-order valence-corrected chi connectivity index (χ2v) is 7.93. The molecule has 0 aromatic heterocycles. The fourth-order valence-corrected chi connectivity index (χ4v) is 3.06. The van der Waals surface area contributed by atoms with Gasteiger partial charge in [0.05, 0.1) is 12.6 Å². The third-order valence-corrected chi connectivity index (χ3v) is 5.01. The van der Waals surface area contributed by atoms with Crippen LogP contribution >= 0.6 is 0 Å². The lowest BCUT2D eigenvalue weighted by Crippen LogP contribution is -2.41. The van der Waals surface area contributed by atoms with E-state index in [1.54, 1.807) is 0 Å². The summed E-state index contributed by atoms with van der Waals surface area (Å²) in [5.74, 6) is 0.355. The van der Waals surface area contributed by atoms with E-state index in [9.17, 15) is 9.90 Å². The lowest BCUT2D eigenvalue weighted by molar-refractivity contribution is -0.122. The van der Waals surface area contributed by atoms with E-state index < -0.39 is 0 Å². The summed E-state index contributed by atoms with van der Waals surface area (Å²) in [6, 6.07) is -0.106. The van der Waals surface area contributed by atoms with Crippen LogP contribution < -0.4 is 5.32 Å². The lowest BCUT2D eigenvalue weighted by atomic mass is 10.0. The molecule has 0 heterocycles. The summed E-state index contributed by atoms with van der Waals surface area (Å²) in [5, 5.41) is 12.1. The number of hydrogen-bond donors (Lipinski definition) is 2. The molecular formula is C23H45NO2. The minimum Gasteiger partial charge on any atom is -0.394 e.